The van der Waals surface area contributed by atoms with Crippen molar-refractivity contribution in [1.82, 2.24) is 4.90 Å². The molecule has 18 heavy (non-hydrogen) atoms. The van der Waals surface area contributed by atoms with Crippen LogP contribution in [0.2, 0.25) is 0 Å². The van der Waals surface area contributed by atoms with Crippen molar-refractivity contribution in [2.24, 2.45) is 22.2 Å². The Kier molecular flexibility index (Phi) is 5.93. The molecule has 0 bridgehead atoms. The lowest BCUT2D eigenvalue weighted by Gasteiger charge is -2.26. The topological polar surface area (TPSA) is 61.8 Å². The highest BCUT2D eigenvalue weighted by molar-refractivity contribution is 5.85. The SMILES string of the molecule is CCCN(CCCC(C)(C)C(N)=NO)CC1CC1. The Bertz CT molecular complexity index is 272. The third kappa shape index (κ3) is 5.25. The summed E-state index contributed by atoms with van der Waals surface area (Å²) in [6.07, 6.45) is 6.12. The molecule has 4 nitrogen and oxygen atoms in total. The lowest BCUT2D eigenvalue weighted by molar-refractivity contribution is 0.246. The normalized spacial score (nSPS) is 17.4. The van der Waals surface area contributed by atoms with Gasteiger partial charge >= 0.3 is 0 Å². The lowest BCUT2D eigenvalue weighted by Crippen LogP contribution is -2.34. The van der Waals surface area contributed by atoms with Gasteiger partial charge in [-0.25, -0.2) is 0 Å². The first-order chi connectivity index (χ1) is 8.49. The highest BCUT2D eigenvalue weighted by Crippen LogP contribution is 2.30. The van der Waals surface area contributed by atoms with E-state index < -0.39 is 0 Å². The van der Waals surface area contributed by atoms with Gasteiger partial charge in [-0.05, 0) is 51.1 Å². The minimum Gasteiger partial charge on any atom is -0.409 e. The van der Waals surface area contributed by atoms with Crippen molar-refractivity contribution in [1.29, 1.82) is 0 Å². The predicted octanol–water partition coefficient (Wildman–Crippen LogP) is 2.66. The Hall–Kier alpha value is -0.770. The van der Waals surface area contributed by atoms with Gasteiger partial charge < -0.3 is 15.8 Å². The fourth-order valence-electron chi connectivity index (χ4n) is 2.28. The van der Waals surface area contributed by atoms with E-state index in [1.165, 1.54) is 32.4 Å². The van der Waals surface area contributed by atoms with Crippen LogP contribution >= 0.6 is 0 Å². The average Bonchev–Trinajstić information content (AvgIpc) is 3.11. The molecule has 0 saturated heterocycles. The molecule has 0 atom stereocenters. The van der Waals surface area contributed by atoms with Crippen molar-refractivity contribution in [3.8, 4) is 0 Å². The summed E-state index contributed by atoms with van der Waals surface area (Å²) < 4.78 is 0. The van der Waals surface area contributed by atoms with Crippen molar-refractivity contribution in [3.05, 3.63) is 0 Å². The third-order valence-electron chi connectivity index (χ3n) is 3.83. The molecule has 0 aliphatic heterocycles. The first-order valence-corrected chi connectivity index (χ1v) is 7.20. The van der Waals surface area contributed by atoms with Crippen LogP contribution in [-0.4, -0.2) is 35.6 Å². The van der Waals surface area contributed by atoms with E-state index in [1.54, 1.807) is 0 Å². The summed E-state index contributed by atoms with van der Waals surface area (Å²) in [6.45, 7) is 9.89. The summed E-state index contributed by atoms with van der Waals surface area (Å²) in [5, 5.41) is 11.9. The number of nitrogens with zero attached hydrogens (tertiary/aromatic N) is 2. The van der Waals surface area contributed by atoms with Crippen molar-refractivity contribution >= 4 is 5.84 Å². The lowest BCUT2D eigenvalue weighted by atomic mass is 9.86. The van der Waals surface area contributed by atoms with E-state index in [2.05, 4.69) is 17.0 Å². The monoisotopic (exact) mass is 255 g/mol. The quantitative estimate of drug-likeness (QED) is 0.288. The molecule has 3 N–H and O–H groups in total. The summed E-state index contributed by atoms with van der Waals surface area (Å²) in [6, 6.07) is 0. The third-order valence-corrected chi connectivity index (χ3v) is 3.83. The molecule has 0 heterocycles. The largest absolute Gasteiger partial charge is 0.409 e. The van der Waals surface area contributed by atoms with Gasteiger partial charge in [-0.2, -0.15) is 0 Å². The molecule has 0 unspecified atom stereocenters. The molecule has 1 rings (SSSR count). The van der Waals surface area contributed by atoms with Crippen LogP contribution in [0.5, 0.6) is 0 Å². The molecule has 0 spiro atoms. The van der Waals surface area contributed by atoms with Crippen molar-refractivity contribution < 1.29 is 5.21 Å². The van der Waals surface area contributed by atoms with Crippen LogP contribution in [0.15, 0.2) is 5.16 Å². The summed E-state index contributed by atoms with van der Waals surface area (Å²) >= 11 is 0. The number of nitrogens with two attached hydrogens (primary N) is 1. The molecule has 1 aliphatic carbocycles. The first-order valence-electron chi connectivity index (χ1n) is 7.20. The minimum absolute atomic E-state index is 0.202. The zero-order chi connectivity index (χ0) is 13.6. The van der Waals surface area contributed by atoms with Gasteiger partial charge in [-0.3, -0.25) is 0 Å². The number of hydrogen-bond acceptors (Lipinski definition) is 3. The Labute approximate surface area is 111 Å². The number of hydrogen-bond donors (Lipinski definition) is 2. The van der Waals surface area contributed by atoms with Crippen LogP contribution in [0.1, 0.15) is 52.9 Å². The highest BCUT2D eigenvalue weighted by Gasteiger charge is 2.25. The van der Waals surface area contributed by atoms with Gasteiger partial charge in [0, 0.05) is 12.0 Å². The minimum atomic E-state index is -0.202. The van der Waals surface area contributed by atoms with Gasteiger partial charge in [0.1, 0.15) is 5.84 Å². The van der Waals surface area contributed by atoms with Gasteiger partial charge in [0.25, 0.3) is 0 Å². The van der Waals surface area contributed by atoms with Gasteiger partial charge in [0.05, 0.1) is 0 Å². The first kappa shape index (κ1) is 15.3. The second kappa shape index (κ2) is 6.98. The van der Waals surface area contributed by atoms with E-state index in [-0.39, 0.29) is 5.41 Å². The molecule has 0 amide bonds. The molecular weight excluding hydrogens is 226 g/mol. The Morgan fingerprint density at radius 1 is 1.39 bits per heavy atom. The zero-order valence-electron chi connectivity index (χ0n) is 12.2. The molecule has 1 saturated carbocycles. The second-order valence-electron chi connectivity index (χ2n) is 6.22. The number of rotatable bonds is 9. The smallest absolute Gasteiger partial charge is 0.144 e. The van der Waals surface area contributed by atoms with E-state index in [9.17, 15) is 0 Å². The van der Waals surface area contributed by atoms with Gasteiger partial charge in [0.2, 0.25) is 0 Å². The standard InChI is InChI=1S/C14H29N3O/c1-4-9-17(11-12-6-7-12)10-5-8-14(2,3)13(15)16-18/h12,18H,4-11H2,1-3H3,(H2,15,16). The zero-order valence-corrected chi connectivity index (χ0v) is 12.2. The van der Waals surface area contributed by atoms with E-state index >= 15 is 0 Å². The highest BCUT2D eigenvalue weighted by atomic mass is 16.4. The molecule has 1 aliphatic rings. The molecule has 4 heteroatoms. The summed E-state index contributed by atoms with van der Waals surface area (Å²) in [5.74, 6) is 1.29. The van der Waals surface area contributed by atoms with Gasteiger partial charge in [0.15, 0.2) is 0 Å². The number of amidine groups is 1. The van der Waals surface area contributed by atoms with Crippen LogP contribution < -0.4 is 5.73 Å². The van der Waals surface area contributed by atoms with E-state index in [0.29, 0.717) is 5.84 Å². The van der Waals surface area contributed by atoms with E-state index in [1.807, 2.05) is 13.8 Å². The summed E-state index contributed by atoms with van der Waals surface area (Å²) in [4.78, 5) is 2.57. The summed E-state index contributed by atoms with van der Waals surface area (Å²) in [7, 11) is 0. The predicted molar refractivity (Wildman–Crippen MR) is 75.9 cm³/mol. The van der Waals surface area contributed by atoms with Crippen LogP contribution in [0.4, 0.5) is 0 Å². The maximum absolute atomic E-state index is 8.74. The van der Waals surface area contributed by atoms with Crippen LogP contribution in [-0.2, 0) is 0 Å². The maximum atomic E-state index is 8.74. The molecule has 0 aromatic rings. The molecular formula is C14H29N3O. The number of oxime groups is 1. The fourth-order valence-corrected chi connectivity index (χ4v) is 2.28. The van der Waals surface area contributed by atoms with Crippen molar-refractivity contribution in [2.75, 3.05) is 19.6 Å². The van der Waals surface area contributed by atoms with Crippen molar-refractivity contribution in [2.45, 2.75) is 52.9 Å². The molecule has 0 aromatic heterocycles. The van der Waals surface area contributed by atoms with E-state index in [0.717, 1.165) is 25.3 Å². The second-order valence-corrected chi connectivity index (χ2v) is 6.22. The van der Waals surface area contributed by atoms with E-state index in [4.69, 9.17) is 10.9 Å². The molecule has 0 radical (unpaired) electrons. The average molecular weight is 255 g/mol. The Balaban J connectivity index is 2.28. The Morgan fingerprint density at radius 2 is 2.06 bits per heavy atom. The van der Waals surface area contributed by atoms with Crippen LogP contribution in [0.25, 0.3) is 0 Å². The van der Waals surface area contributed by atoms with Crippen LogP contribution in [0.3, 0.4) is 0 Å². The molecule has 106 valence electrons. The van der Waals surface area contributed by atoms with Crippen molar-refractivity contribution in [3.63, 3.8) is 0 Å². The summed E-state index contributed by atoms with van der Waals surface area (Å²) in [5.41, 5.74) is 5.50. The van der Waals surface area contributed by atoms with Gasteiger partial charge in [-0.1, -0.05) is 25.9 Å². The van der Waals surface area contributed by atoms with Crippen LogP contribution in [0, 0.1) is 11.3 Å². The molecule has 1 fully saturated rings. The Morgan fingerprint density at radius 3 is 2.56 bits per heavy atom. The fraction of sp³-hybridized carbons (Fsp3) is 0.929. The molecule has 0 aromatic carbocycles. The van der Waals surface area contributed by atoms with Gasteiger partial charge in [-0.15, -0.1) is 0 Å². The maximum Gasteiger partial charge on any atom is 0.144 e.